The largest absolute Gasteiger partial charge is 0.484 e. The number of carbonyl (C=O) groups is 1. The normalized spacial score (nSPS) is 10.9. The van der Waals surface area contributed by atoms with E-state index >= 15 is 0 Å². The van der Waals surface area contributed by atoms with Gasteiger partial charge in [0.1, 0.15) is 17.1 Å². The van der Waals surface area contributed by atoms with Gasteiger partial charge >= 0.3 is 0 Å². The zero-order chi connectivity index (χ0) is 20.9. The van der Waals surface area contributed by atoms with E-state index in [1.165, 1.54) is 6.33 Å². The molecule has 4 rings (SSSR count). The van der Waals surface area contributed by atoms with Crippen molar-refractivity contribution in [3.05, 3.63) is 71.6 Å². The number of anilines is 1. The summed E-state index contributed by atoms with van der Waals surface area (Å²) in [5.41, 5.74) is 1.65. The predicted molar refractivity (Wildman–Crippen MR) is 116 cm³/mol. The van der Waals surface area contributed by atoms with Crippen LogP contribution in [0.15, 0.2) is 70.8 Å². The second kappa shape index (κ2) is 9.15. The number of amides is 1. The lowest BCUT2D eigenvalue weighted by molar-refractivity contribution is -0.118. The van der Waals surface area contributed by atoms with E-state index in [9.17, 15) is 4.79 Å². The molecule has 0 aliphatic rings. The molecule has 7 nitrogen and oxygen atoms in total. The molecule has 0 atom stereocenters. The third-order valence-corrected chi connectivity index (χ3v) is 5.44. The van der Waals surface area contributed by atoms with Gasteiger partial charge in [-0.15, -0.1) is 0 Å². The minimum Gasteiger partial charge on any atom is -0.484 e. The first-order valence-corrected chi connectivity index (χ1v) is 10.5. The number of ether oxygens (including phenoxy) is 1. The van der Waals surface area contributed by atoms with Crippen molar-refractivity contribution >= 4 is 40.7 Å². The van der Waals surface area contributed by atoms with Gasteiger partial charge in [0.2, 0.25) is 0 Å². The number of nitrogens with zero attached hydrogens (tertiary/aromatic N) is 4. The van der Waals surface area contributed by atoms with E-state index < -0.39 is 0 Å². The zero-order valence-electron chi connectivity index (χ0n) is 16.1. The Hall–Kier alpha value is -3.10. The summed E-state index contributed by atoms with van der Waals surface area (Å²) in [5, 5.41) is 8.61. The molecular weight excluding hydrogens is 422 g/mol. The van der Waals surface area contributed by atoms with Crippen LogP contribution >= 0.6 is 23.4 Å². The number of fused-ring (bicyclic) bond motifs is 1. The van der Waals surface area contributed by atoms with Gasteiger partial charge in [0, 0.05) is 21.3 Å². The monoisotopic (exact) mass is 439 g/mol. The second-order valence-corrected chi connectivity index (χ2v) is 7.86. The van der Waals surface area contributed by atoms with Crippen LogP contribution in [0.3, 0.4) is 0 Å². The van der Waals surface area contributed by atoms with E-state index in [0.29, 0.717) is 22.2 Å². The standard InChI is InChI=1S/C21H18ClN5O2S/c1-2-15-11-20(27-21(26-15)23-13-24-27)30-18-9-5-16(6-10-18)25-19(28)12-29-17-7-3-14(22)4-8-17/h3-11,13H,2,12H2,1H3,(H,25,28). The van der Waals surface area contributed by atoms with Gasteiger partial charge in [-0.1, -0.05) is 30.3 Å². The molecule has 0 aliphatic heterocycles. The lowest BCUT2D eigenvalue weighted by Gasteiger charge is -2.09. The van der Waals surface area contributed by atoms with Crippen molar-refractivity contribution < 1.29 is 9.53 Å². The Morgan fingerprint density at radius 3 is 2.67 bits per heavy atom. The van der Waals surface area contributed by atoms with Crippen molar-refractivity contribution in [3.63, 3.8) is 0 Å². The summed E-state index contributed by atoms with van der Waals surface area (Å²) in [6, 6.07) is 16.5. The third-order valence-electron chi connectivity index (χ3n) is 4.18. The zero-order valence-corrected chi connectivity index (χ0v) is 17.7. The SMILES string of the molecule is CCc1cc(Sc2ccc(NC(=O)COc3ccc(Cl)cc3)cc2)n2ncnc2n1. The fourth-order valence-corrected chi connectivity index (χ4v) is 3.74. The summed E-state index contributed by atoms with van der Waals surface area (Å²) in [4.78, 5) is 21.8. The van der Waals surface area contributed by atoms with Crippen LogP contribution in [0.25, 0.3) is 5.78 Å². The molecule has 0 radical (unpaired) electrons. The van der Waals surface area contributed by atoms with Gasteiger partial charge < -0.3 is 10.1 Å². The molecule has 0 saturated carbocycles. The first-order valence-electron chi connectivity index (χ1n) is 9.26. The van der Waals surface area contributed by atoms with Gasteiger partial charge in [0.15, 0.2) is 6.61 Å². The smallest absolute Gasteiger partial charge is 0.262 e. The van der Waals surface area contributed by atoms with Gasteiger partial charge in [-0.05, 0) is 61.0 Å². The molecule has 1 amide bonds. The highest BCUT2D eigenvalue weighted by molar-refractivity contribution is 7.99. The summed E-state index contributed by atoms with van der Waals surface area (Å²) in [6.07, 6.45) is 2.32. The summed E-state index contributed by atoms with van der Waals surface area (Å²) < 4.78 is 7.17. The number of benzene rings is 2. The van der Waals surface area contributed by atoms with Gasteiger partial charge in [-0.3, -0.25) is 4.79 Å². The molecule has 152 valence electrons. The molecule has 1 N–H and O–H groups in total. The molecule has 0 fully saturated rings. The maximum absolute atomic E-state index is 12.1. The highest BCUT2D eigenvalue weighted by atomic mass is 35.5. The van der Waals surface area contributed by atoms with Crippen LogP contribution < -0.4 is 10.1 Å². The van der Waals surface area contributed by atoms with E-state index in [1.807, 2.05) is 30.3 Å². The Morgan fingerprint density at radius 1 is 1.17 bits per heavy atom. The van der Waals surface area contributed by atoms with Crippen molar-refractivity contribution in [2.24, 2.45) is 0 Å². The molecule has 0 aliphatic carbocycles. The minimum atomic E-state index is -0.239. The maximum Gasteiger partial charge on any atom is 0.262 e. The topological polar surface area (TPSA) is 81.4 Å². The molecule has 0 saturated heterocycles. The molecule has 30 heavy (non-hydrogen) atoms. The van der Waals surface area contributed by atoms with Gasteiger partial charge in [-0.25, -0.2) is 4.98 Å². The number of hydrogen-bond donors (Lipinski definition) is 1. The molecule has 0 spiro atoms. The number of hydrogen-bond acceptors (Lipinski definition) is 6. The third kappa shape index (κ3) is 4.90. The average molecular weight is 440 g/mol. The molecule has 9 heteroatoms. The Bertz CT molecular complexity index is 1160. The number of halogens is 1. The highest BCUT2D eigenvalue weighted by Gasteiger charge is 2.09. The number of aromatic nitrogens is 4. The minimum absolute atomic E-state index is 0.0841. The van der Waals surface area contributed by atoms with E-state index in [2.05, 4.69) is 27.3 Å². The fraction of sp³-hybridized carbons (Fsp3) is 0.143. The summed E-state index contributed by atoms with van der Waals surface area (Å²) in [6.45, 7) is 1.97. The van der Waals surface area contributed by atoms with Crippen LogP contribution in [0.1, 0.15) is 12.6 Å². The van der Waals surface area contributed by atoms with Gasteiger partial charge in [0.25, 0.3) is 11.7 Å². The maximum atomic E-state index is 12.1. The fourth-order valence-electron chi connectivity index (χ4n) is 2.69. The Morgan fingerprint density at radius 2 is 1.93 bits per heavy atom. The summed E-state index contributed by atoms with van der Waals surface area (Å²) in [5.74, 6) is 0.933. The number of aryl methyl sites for hydroxylation is 1. The number of rotatable bonds is 7. The van der Waals surface area contributed by atoms with Crippen LogP contribution in [0.5, 0.6) is 5.75 Å². The van der Waals surface area contributed by atoms with Crippen molar-refractivity contribution in [2.45, 2.75) is 23.3 Å². The lowest BCUT2D eigenvalue weighted by Crippen LogP contribution is -2.20. The molecule has 2 aromatic carbocycles. The molecule has 4 aromatic rings. The average Bonchev–Trinajstić information content (AvgIpc) is 3.23. The highest BCUT2D eigenvalue weighted by Crippen LogP contribution is 2.29. The lowest BCUT2D eigenvalue weighted by atomic mass is 10.3. The van der Waals surface area contributed by atoms with Gasteiger partial charge in [0.05, 0.1) is 0 Å². The van der Waals surface area contributed by atoms with Crippen LogP contribution in [-0.2, 0) is 11.2 Å². The van der Waals surface area contributed by atoms with Crippen LogP contribution in [0.2, 0.25) is 5.02 Å². The Balaban J connectivity index is 1.38. The first kappa shape index (κ1) is 20.2. The molecule has 0 bridgehead atoms. The van der Waals surface area contributed by atoms with E-state index in [-0.39, 0.29) is 12.5 Å². The van der Waals surface area contributed by atoms with Crippen molar-refractivity contribution in [1.29, 1.82) is 0 Å². The van der Waals surface area contributed by atoms with E-state index in [4.69, 9.17) is 16.3 Å². The van der Waals surface area contributed by atoms with Crippen LogP contribution in [0, 0.1) is 0 Å². The van der Waals surface area contributed by atoms with E-state index in [0.717, 1.165) is 22.0 Å². The molecule has 2 heterocycles. The van der Waals surface area contributed by atoms with E-state index in [1.54, 1.807) is 40.5 Å². The Labute approximate surface area is 182 Å². The van der Waals surface area contributed by atoms with Crippen LogP contribution in [-0.4, -0.2) is 32.1 Å². The van der Waals surface area contributed by atoms with Crippen molar-refractivity contribution in [1.82, 2.24) is 19.6 Å². The van der Waals surface area contributed by atoms with Gasteiger partial charge in [-0.2, -0.15) is 14.6 Å². The number of nitrogens with one attached hydrogen (secondary N) is 1. The summed E-state index contributed by atoms with van der Waals surface area (Å²) in [7, 11) is 0. The quantitative estimate of drug-likeness (QED) is 0.427. The van der Waals surface area contributed by atoms with Crippen molar-refractivity contribution in [3.8, 4) is 5.75 Å². The molecule has 2 aromatic heterocycles. The first-order chi connectivity index (χ1) is 14.6. The second-order valence-electron chi connectivity index (χ2n) is 6.33. The predicted octanol–water partition coefficient (Wildman–Crippen LogP) is 4.51. The molecular formula is C21H18ClN5O2S. The Kier molecular flexibility index (Phi) is 6.15. The van der Waals surface area contributed by atoms with Crippen LogP contribution in [0.4, 0.5) is 5.69 Å². The number of carbonyl (C=O) groups excluding carboxylic acids is 1. The molecule has 0 unspecified atom stereocenters. The van der Waals surface area contributed by atoms with Crippen molar-refractivity contribution in [2.75, 3.05) is 11.9 Å². The summed E-state index contributed by atoms with van der Waals surface area (Å²) >= 11 is 7.40.